The number of amides is 1. The molecule has 0 saturated heterocycles. The first kappa shape index (κ1) is 20.3. The van der Waals surface area contributed by atoms with E-state index in [2.05, 4.69) is 18.5 Å². The molecule has 1 aromatic carbocycles. The minimum absolute atomic E-state index is 0.0798. The number of para-hydroxylation sites is 1. The summed E-state index contributed by atoms with van der Waals surface area (Å²) in [4.78, 5) is 17.2. The van der Waals surface area contributed by atoms with Gasteiger partial charge in [0, 0.05) is 36.0 Å². The van der Waals surface area contributed by atoms with Gasteiger partial charge in [-0.05, 0) is 44.9 Å². The number of likely N-dealkylation sites (N-methyl/N-ethyl adjacent to an activating group) is 1. The number of nitrogens with zero attached hydrogens (tertiary/aromatic N) is 2. The van der Waals surface area contributed by atoms with Gasteiger partial charge in [0.15, 0.2) is 0 Å². The van der Waals surface area contributed by atoms with Crippen molar-refractivity contribution in [3.8, 4) is 0 Å². The number of carbonyl (C=O) groups is 1. The highest BCUT2D eigenvalue weighted by Crippen LogP contribution is 2.32. The van der Waals surface area contributed by atoms with Crippen molar-refractivity contribution in [1.82, 2.24) is 4.90 Å². The predicted molar refractivity (Wildman–Crippen MR) is 108 cm³/mol. The van der Waals surface area contributed by atoms with Crippen LogP contribution in [0.4, 0.5) is 5.69 Å². The van der Waals surface area contributed by atoms with Gasteiger partial charge >= 0.3 is 0 Å². The van der Waals surface area contributed by atoms with Gasteiger partial charge in [-0.2, -0.15) is 0 Å². The number of hydrogen-bond acceptors (Lipinski definition) is 2. The van der Waals surface area contributed by atoms with E-state index >= 15 is 0 Å². The maximum atomic E-state index is 12.9. The summed E-state index contributed by atoms with van der Waals surface area (Å²) in [7, 11) is 2.09. The standard InChI is InChI=1S/C20H28Cl2N2O/c1-3-14-23(2)19-15-16(22)8-7-11-18(19)24(20(25)12-13-21)17-9-5-4-6-10-17/h3-6,9-10,16,18-19H,1,7-8,11-15H2,2H3. The van der Waals surface area contributed by atoms with E-state index in [9.17, 15) is 4.79 Å². The average molecular weight is 383 g/mol. The summed E-state index contributed by atoms with van der Waals surface area (Å²) < 4.78 is 0. The molecule has 3 nitrogen and oxygen atoms in total. The Labute approximate surface area is 161 Å². The van der Waals surface area contributed by atoms with Gasteiger partial charge in [0.2, 0.25) is 5.91 Å². The second-order valence-corrected chi connectivity index (χ2v) is 7.66. The van der Waals surface area contributed by atoms with Crippen LogP contribution in [0.3, 0.4) is 0 Å². The number of hydrogen-bond donors (Lipinski definition) is 0. The fraction of sp³-hybridized carbons (Fsp3) is 0.550. The third-order valence-electron chi connectivity index (χ3n) is 4.88. The fourth-order valence-electron chi connectivity index (χ4n) is 3.70. The lowest BCUT2D eigenvalue weighted by Crippen LogP contribution is -2.53. The molecule has 1 saturated carbocycles. The molecular weight excluding hydrogens is 355 g/mol. The molecule has 1 aliphatic rings. The van der Waals surface area contributed by atoms with Crippen molar-refractivity contribution in [1.29, 1.82) is 0 Å². The number of carbonyl (C=O) groups excluding carboxylic acids is 1. The topological polar surface area (TPSA) is 23.6 Å². The lowest BCUT2D eigenvalue weighted by molar-refractivity contribution is -0.119. The minimum Gasteiger partial charge on any atom is -0.308 e. The second kappa shape index (κ2) is 10.2. The minimum atomic E-state index is 0.0798. The molecule has 1 amide bonds. The largest absolute Gasteiger partial charge is 0.308 e. The van der Waals surface area contributed by atoms with Crippen LogP contribution in [0.1, 0.15) is 32.1 Å². The lowest BCUT2D eigenvalue weighted by atomic mass is 9.98. The van der Waals surface area contributed by atoms with E-state index in [4.69, 9.17) is 23.2 Å². The molecule has 3 unspecified atom stereocenters. The zero-order valence-electron chi connectivity index (χ0n) is 14.9. The molecule has 1 aliphatic carbocycles. The van der Waals surface area contributed by atoms with Crippen molar-refractivity contribution in [2.24, 2.45) is 0 Å². The first-order valence-electron chi connectivity index (χ1n) is 8.96. The first-order chi connectivity index (χ1) is 12.1. The lowest BCUT2D eigenvalue weighted by Gasteiger charge is -2.40. The molecule has 0 bridgehead atoms. The zero-order valence-corrected chi connectivity index (χ0v) is 16.4. The molecule has 0 spiro atoms. The van der Waals surface area contributed by atoms with Crippen molar-refractivity contribution in [3.05, 3.63) is 43.0 Å². The van der Waals surface area contributed by atoms with Gasteiger partial charge in [0.25, 0.3) is 0 Å². The Morgan fingerprint density at radius 2 is 2.00 bits per heavy atom. The van der Waals surface area contributed by atoms with Crippen LogP contribution in [0.25, 0.3) is 0 Å². The molecule has 0 heterocycles. The van der Waals surface area contributed by atoms with Crippen LogP contribution in [0.2, 0.25) is 0 Å². The molecule has 0 aliphatic heterocycles. The highest BCUT2D eigenvalue weighted by atomic mass is 35.5. The van der Waals surface area contributed by atoms with Gasteiger partial charge < -0.3 is 4.90 Å². The fourth-order valence-corrected chi connectivity index (χ4v) is 4.20. The predicted octanol–water partition coefficient (Wildman–Crippen LogP) is 4.68. The maximum absolute atomic E-state index is 12.9. The van der Waals surface area contributed by atoms with Crippen molar-refractivity contribution in [3.63, 3.8) is 0 Å². The Morgan fingerprint density at radius 1 is 1.28 bits per heavy atom. The SMILES string of the molecule is C=CCN(C)C1CC(Cl)CCCC1N(C(=O)CCCl)c1ccccc1. The number of anilines is 1. The molecule has 0 aromatic heterocycles. The summed E-state index contributed by atoms with van der Waals surface area (Å²) in [5, 5.41) is 0.142. The van der Waals surface area contributed by atoms with E-state index in [1.807, 2.05) is 41.3 Å². The van der Waals surface area contributed by atoms with Gasteiger partial charge in [-0.1, -0.05) is 24.3 Å². The molecule has 1 aromatic rings. The van der Waals surface area contributed by atoms with Crippen LogP contribution in [0, 0.1) is 0 Å². The summed E-state index contributed by atoms with van der Waals surface area (Å²) in [5.41, 5.74) is 0.938. The third-order valence-corrected chi connectivity index (χ3v) is 5.47. The van der Waals surface area contributed by atoms with Gasteiger partial charge in [0.05, 0.1) is 6.04 Å². The number of halogens is 2. The van der Waals surface area contributed by atoms with E-state index in [1.165, 1.54) is 0 Å². The maximum Gasteiger partial charge on any atom is 0.228 e. The van der Waals surface area contributed by atoms with Crippen LogP contribution >= 0.6 is 23.2 Å². The first-order valence-corrected chi connectivity index (χ1v) is 9.93. The summed E-state index contributed by atoms with van der Waals surface area (Å²) in [6.07, 6.45) is 6.07. The molecule has 0 N–H and O–H groups in total. The summed E-state index contributed by atoms with van der Waals surface area (Å²) >= 11 is 12.4. The molecule has 3 atom stereocenters. The Morgan fingerprint density at radius 3 is 2.64 bits per heavy atom. The van der Waals surface area contributed by atoms with E-state index in [1.54, 1.807) is 0 Å². The quantitative estimate of drug-likeness (QED) is 0.388. The molecular formula is C20H28Cl2N2O. The van der Waals surface area contributed by atoms with Gasteiger partial charge in [-0.3, -0.25) is 9.69 Å². The number of alkyl halides is 2. The average Bonchev–Trinajstić information content (AvgIpc) is 2.78. The molecule has 138 valence electrons. The van der Waals surface area contributed by atoms with E-state index in [0.717, 1.165) is 37.9 Å². The van der Waals surface area contributed by atoms with E-state index in [-0.39, 0.29) is 23.4 Å². The van der Waals surface area contributed by atoms with Crippen molar-refractivity contribution in [2.75, 3.05) is 24.4 Å². The Kier molecular flexibility index (Phi) is 8.28. The molecule has 25 heavy (non-hydrogen) atoms. The second-order valence-electron chi connectivity index (χ2n) is 6.67. The highest BCUT2D eigenvalue weighted by Gasteiger charge is 2.36. The molecule has 5 heteroatoms. The van der Waals surface area contributed by atoms with E-state index < -0.39 is 0 Å². The third kappa shape index (κ3) is 5.47. The van der Waals surface area contributed by atoms with Gasteiger partial charge in [-0.15, -0.1) is 29.8 Å². The highest BCUT2D eigenvalue weighted by molar-refractivity contribution is 6.20. The van der Waals surface area contributed by atoms with E-state index in [0.29, 0.717) is 12.3 Å². The molecule has 2 rings (SSSR count). The number of benzene rings is 1. The van der Waals surface area contributed by atoms with Crippen LogP contribution in [0.5, 0.6) is 0 Å². The zero-order chi connectivity index (χ0) is 18.2. The molecule has 0 radical (unpaired) electrons. The smallest absolute Gasteiger partial charge is 0.228 e. The monoisotopic (exact) mass is 382 g/mol. The Hall–Kier alpha value is -1.03. The van der Waals surface area contributed by atoms with Crippen LogP contribution in [-0.2, 0) is 4.79 Å². The van der Waals surface area contributed by atoms with Gasteiger partial charge in [0.1, 0.15) is 0 Å². The summed E-state index contributed by atoms with van der Waals surface area (Å²) in [5.74, 6) is 0.413. The molecule has 1 fully saturated rings. The van der Waals surface area contributed by atoms with Crippen molar-refractivity contribution < 1.29 is 4.79 Å². The van der Waals surface area contributed by atoms with Crippen molar-refractivity contribution in [2.45, 2.75) is 49.6 Å². The van der Waals surface area contributed by atoms with Crippen LogP contribution < -0.4 is 4.90 Å². The number of rotatable bonds is 7. The van der Waals surface area contributed by atoms with Crippen LogP contribution in [-0.4, -0.2) is 47.7 Å². The van der Waals surface area contributed by atoms with Crippen LogP contribution in [0.15, 0.2) is 43.0 Å². The normalized spacial score (nSPS) is 23.9. The van der Waals surface area contributed by atoms with Gasteiger partial charge in [-0.25, -0.2) is 0 Å². The summed E-state index contributed by atoms with van der Waals surface area (Å²) in [6, 6.07) is 10.2. The Balaban J connectivity index is 2.39. The Bertz CT molecular complexity index is 552. The summed E-state index contributed by atoms with van der Waals surface area (Å²) in [6.45, 7) is 4.63. The van der Waals surface area contributed by atoms with Crippen molar-refractivity contribution >= 4 is 34.8 Å².